The van der Waals surface area contributed by atoms with Crippen LogP contribution in [0, 0.1) is 6.92 Å². The smallest absolute Gasteiger partial charge is 0.289 e. The Morgan fingerprint density at radius 1 is 0.903 bits per heavy atom. The minimum absolute atomic E-state index is 0.0596. The van der Waals surface area contributed by atoms with E-state index in [2.05, 4.69) is 5.32 Å². The summed E-state index contributed by atoms with van der Waals surface area (Å²) < 4.78 is 5.18. The number of rotatable bonds is 5. The van der Waals surface area contributed by atoms with Gasteiger partial charge in [0.05, 0.1) is 11.8 Å². The second-order valence-corrected chi connectivity index (χ2v) is 7.76. The number of nitrogens with zero attached hydrogens (tertiary/aromatic N) is 1. The maximum atomic E-state index is 13.0. The molecule has 3 aromatic rings. The number of carbonyl (C=O) groups excluding carboxylic acids is 3. The average Bonchev–Trinajstić information content (AvgIpc) is 3.34. The molecule has 1 aromatic heterocycles. The SMILES string of the molecule is Cc1ccc(C(=O)c2ccccc2C(=O)NC2CCN(C(=O)c3ccco3)CC2)cc1. The topological polar surface area (TPSA) is 79.6 Å². The number of furan rings is 1. The Morgan fingerprint density at radius 3 is 2.23 bits per heavy atom. The first-order valence-electron chi connectivity index (χ1n) is 10.4. The Bertz CT molecular complexity index is 1080. The highest BCUT2D eigenvalue weighted by molar-refractivity contribution is 6.15. The molecule has 6 nitrogen and oxygen atoms in total. The van der Waals surface area contributed by atoms with Crippen molar-refractivity contribution < 1.29 is 18.8 Å². The zero-order chi connectivity index (χ0) is 21.8. The zero-order valence-electron chi connectivity index (χ0n) is 17.3. The number of hydrogen-bond acceptors (Lipinski definition) is 4. The molecule has 2 aromatic carbocycles. The molecule has 0 atom stereocenters. The summed E-state index contributed by atoms with van der Waals surface area (Å²) in [5, 5.41) is 3.03. The van der Waals surface area contributed by atoms with E-state index in [0.717, 1.165) is 5.56 Å². The van der Waals surface area contributed by atoms with E-state index in [1.54, 1.807) is 53.4 Å². The number of piperidine rings is 1. The van der Waals surface area contributed by atoms with Crippen molar-refractivity contribution in [3.8, 4) is 0 Å². The number of ketones is 1. The van der Waals surface area contributed by atoms with Gasteiger partial charge in [-0.1, -0.05) is 48.0 Å². The lowest BCUT2D eigenvalue weighted by Gasteiger charge is -2.32. The number of carbonyl (C=O) groups is 3. The van der Waals surface area contributed by atoms with Gasteiger partial charge in [0.15, 0.2) is 11.5 Å². The van der Waals surface area contributed by atoms with E-state index in [0.29, 0.717) is 48.4 Å². The molecule has 6 heteroatoms. The van der Waals surface area contributed by atoms with E-state index >= 15 is 0 Å². The maximum absolute atomic E-state index is 13.0. The Hall–Kier alpha value is -3.67. The van der Waals surface area contributed by atoms with Crippen LogP contribution >= 0.6 is 0 Å². The molecule has 0 bridgehead atoms. The summed E-state index contributed by atoms with van der Waals surface area (Å²) in [6.45, 7) is 3.03. The van der Waals surface area contributed by atoms with Crippen molar-refractivity contribution in [1.29, 1.82) is 0 Å². The van der Waals surface area contributed by atoms with Crippen molar-refractivity contribution >= 4 is 17.6 Å². The standard InChI is InChI=1S/C25H24N2O4/c1-17-8-10-18(11-9-17)23(28)20-5-2-3-6-21(20)24(29)26-19-12-14-27(15-13-19)25(30)22-7-4-16-31-22/h2-11,16,19H,12-15H2,1H3,(H,26,29). The molecule has 1 aliphatic rings. The molecule has 2 heterocycles. The molecule has 1 fully saturated rings. The Kier molecular flexibility index (Phi) is 5.98. The van der Waals surface area contributed by atoms with Crippen LogP contribution in [0.15, 0.2) is 71.3 Å². The number of aryl methyl sites for hydroxylation is 1. The van der Waals surface area contributed by atoms with Crippen molar-refractivity contribution in [2.45, 2.75) is 25.8 Å². The fourth-order valence-corrected chi connectivity index (χ4v) is 3.79. The van der Waals surface area contributed by atoms with E-state index in [1.807, 2.05) is 19.1 Å². The first-order valence-corrected chi connectivity index (χ1v) is 10.4. The van der Waals surface area contributed by atoms with Crippen LogP contribution in [0.4, 0.5) is 0 Å². The lowest BCUT2D eigenvalue weighted by Crippen LogP contribution is -2.46. The summed E-state index contributed by atoms with van der Waals surface area (Å²) in [5.41, 5.74) is 2.37. The third-order valence-electron chi connectivity index (χ3n) is 5.58. The van der Waals surface area contributed by atoms with Gasteiger partial charge in [-0.2, -0.15) is 0 Å². The van der Waals surface area contributed by atoms with E-state index < -0.39 is 0 Å². The summed E-state index contributed by atoms with van der Waals surface area (Å²) in [6.07, 6.45) is 2.77. The second-order valence-electron chi connectivity index (χ2n) is 7.76. The Labute approximate surface area is 180 Å². The molecule has 31 heavy (non-hydrogen) atoms. The third kappa shape index (κ3) is 4.58. The van der Waals surface area contributed by atoms with Crippen LogP contribution in [0.1, 0.15) is 55.2 Å². The van der Waals surface area contributed by atoms with Gasteiger partial charge in [0.2, 0.25) is 0 Å². The fraction of sp³-hybridized carbons (Fsp3) is 0.240. The quantitative estimate of drug-likeness (QED) is 0.641. The van der Waals surface area contributed by atoms with Crippen LogP contribution in [0.3, 0.4) is 0 Å². The van der Waals surface area contributed by atoms with Crippen LogP contribution < -0.4 is 5.32 Å². The molecule has 158 valence electrons. The van der Waals surface area contributed by atoms with Gasteiger partial charge in [-0.15, -0.1) is 0 Å². The van der Waals surface area contributed by atoms with E-state index in [4.69, 9.17) is 4.42 Å². The molecule has 0 saturated carbocycles. The molecule has 1 aliphatic heterocycles. The number of benzene rings is 2. The minimum Gasteiger partial charge on any atom is -0.459 e. The maximum Gasteiger partial charge on any atom is 0.289 e. The predicted octanol–water partition coefficient (Wildman–Crippen LogP) is 3.85. The lowest BCUT2D eigenvalue weighted by molar-refractivity contribution is 0.0666. The Morgan fingerprint density at radius 2 is 1.58 bits per heavy atom. The molecular formula is C25H24N2O4. The van der Waals surface area contributed by atoms with Gasteiger partial charge >= 0.3 is 0 Å². The van der Waals surface area contributed by atoms with Crippen molar-refractivity contribution in [1.82, 2.24) is 10.2 Å². The molecule has 0 unspecified atom stereocenters. The summed E-state index contributed by atoms with van der Waals surface area (Å²) in [5.74, 6) is -0.258. The molecule has 0 spiro atoms. The van der Waals surface area contributed by atoms with Crippen LogP contribution in [0.25, 0.3) is 0 Å². The number of likely N-dealkylation sites (tertiary alicyclic amines) is 1. The molecule has 4 rings (SSSR count). The molecule has 1 N–H and O–H groups in total. The second kappa shape index (κ2) is 9.00. The highest BCUT2D eigenvalue weighted by Crippen LogP contribution is 2.18. The Balaban J connectivity index is 1.41. The van der Waals surface area contributed by atoms with E-state index in [9.17, 15) is 14.4 Å². The number of nitrogens with one attached hydrogen (secondary N) is 1. The first-order chi connectivity index (χ1) is 15.0. The summed E-state index contributed by atoms with van der Waals surface area (Å²) in [4.78, 5) is 40.1. The van der Waals surface area contributed by atoms with Crippen LogP contribution in [0.2, 0.25) is 0 Å². The number of hydrogen-bond donors (Lipinski definition) is 1. The molecule has 2 amide bonds. The predicted molar refractivity (Wildman–Crippen MR) is 116 cm³/mol. The molecular weight excluding hydrogens is 392 g/mol. The van der Waals surface area contributed by atoms with Gasteiger partial charge in [-0.05, 0) is 38.0 Å². The summed E-state index contributed by atoms with van der Waals surface area (Å²) in [7, 11) is 0. The summed E-state index contributed by atoms with van der Waals surface area (Å²) in [6, 6.07) is 17.5. The van der Waals surface area contributed by atoms with Crippen LogP contribution in [0.5, 0.6) is 0 Å². The van der Waals surface area contributed by atoms with Crippen LogP contribution in [-0.4, -0.2) is 41.6 Å². The normalized spacial score (nSPS) is 14.3. The molecule has 0 radical (unpaired) electrons. The van der Waals surface area contributed by atoms with Crippen molar-refractivity contribution in [2.24, 2.45) is 0 Å². The van der Waals surface area contributed by atoms with Crippen molar-refractivity contribution in [2.75, 3.05) is 13.1 Å². The van der Waals surface area contributed by atoms with Crippen molar-refractivity contribution in [3.05, 3.63) is 94.9 Å². The van der Waals surface area contributed by atoms with E-state index in [1.165, 1.54) is 6.26 Å². The lowest BCUT2D eigenvalue weighted by atomic mass is 9.96. The van der Waals surface area contributed by atoms with Gasteiger partial charge in [-0.25, -0.2) is 0 Å². The van der Waals surface area contributed by atoms with Gasteiger partial charge in [0.1, 0.15) is 0 Å². The zero-order valence-corrected chi connectivity index (χ0v) is 17.3. The molecule has 1 saturated heterocycles. The van der Waals surface area contributed by atoms with Gasteiger partial charge < -0.3 is 14.6 Å². The van der Waals surface area contributed by atoms with Crippen LogP contribution in [-0.2, 0) is 0 Å². The molecule has 0 aliphatic carbocycles. The number of amides is 2. The summed E-state index contributed by atoms with van der Waals surface area (Å²) >= 11 is 0. The van der Waals surface area contributed by atoms with E-state index in [-0.39, 0.29) is 23.6 Å². The largest absolute Gasteiger partial charge is 0.459 e. The average molecular weight is 416 g/mol. The van der Waals surface area contributed by atoms with Crippen molar-refractivity contribution in [3.63, 3.8) is 0 Å². The highest BCUT2D eigenvalue weighted by atomic mass is 16.3. The fourth-order valence-electron chi connectivity index (χ4n) is 3.79. The highest BCUT2D eigenvalue weighted by Gasteiger charge is 2.27. The third-order valence-corrected chi connectivity index (χ3v) is 5.58. The monoisotopic (exact) mass is 416 g/mol. The van der Waals surface area contributed by atoms with Gasteiger partial charge in [0.25, 0.3) is 11.8 Å². The van der Waals surface area contributed by atoms with Gasteiger partial charge in [-0.3, -0.25) is 14.4 Å². The van der Waals surface area contributed by atoms with Gasteiger partial charge in [0, 0.05) is 30.3 Å². The first kappa shape index (κ1) is 20.6. The minimum atomic E-state index is -0.271.